The Kier molecular flexibility index (Phi) is 3.84. The van der Waals surface area contributed by atoms with Crippen LogP contribution in [0.1, 0.15) is 0 Å². The van der Waals surface area contributed by atoms with Crippen molar-refractivity contribution in [3.8, 4) is 5.75 Å². The number of hydrogen-bond acceptors (Lipinski definition) is 3. The van der Waals surface area contributed by atoms with E-state index in [-0.39, 0.29) is 0 Å². The Morgan fingerprint density at radius 2 is 1.52 bits per heavy atom. The molecule has 104 valence electrons. The van der Waals surface area contributed by atoms with Crippen LogP contribution >= 0.6 is 11.6 Å². The molecule has 0 unspecified atom stereocenters. The molecule has 4 heteroatoms. The Morgan fingerprint density at radius 3 is 2.24 bits per heavy atom. The fourth-order valence-electron chi connectivity index (χ4n) is 2.14. The van der Waals surface area contributed by atoms with Crippen LogP contribution in [0.4, 0.5) is 11.4 Å². The van der Waals surface area contributed by atoms with Gasteiger partial charge < -0.3 is 4.74 Å². The molecule has 0 saturated carbocycles. The zero-order valence-electron chi connectivity index (χ0n) is 11.5. The molecular weight excluding hydrogens is 284 g/mol. The molecule has 0 aromatic heterocycles. The van der Waals surface area contributed by atoms with Crippen LogP contribution in [0.15, 0.2) is 70.9 Å². The van der Waals surface area contributed by atoms with E-state index in [2.05, 4.69) is 10.2 Å². The SMILES string of the molecule is COc1ccc(N=Nc2ccc(Cl)cc2)c2ccccc12. The maximum atomic E-state index is 5.85. The second-order valence-corrected chi connectivity index (χ2v) is 4.95. The normalized spacial score (nSPS) is 11.1. The first-order chi connectivity index (χ1) is 10.3. The van der Waals surface area contributed by atoms with E-state index in [1.54, 1.807) is 19.2 Å². The van der Waals surface area contributed by atoms with Gasteiger partial charge in [0.25, 0.3) is 0 Å². The number of rotatable bonds is 3. The molecule has 3 aromatic carbocycles. The second-order valence-electron chi connectivity index (χ2n) is 4.51. The molecule has 0 saturated heterocycles. The van der Waals surface area contributed by atoms with E-state index in [4.69, 9.17) is 16.3 Å². The van der Waals surface area contributed by atoms with Crippen molar-refractivity contribution < 1.29 is 4.74 Å². The van der Waals surface area contributed by atoms with E-state index in [0.717, 1.165) is 27.9 Å². The van der Waals surface area contributed by atoms with E-state index in [1.807, 2.05) is 48.5 Å². The van der Waals surface area contributed by atoms with E-state index in [0.29, 0.717) is 5.02 Å². The van der Waals surface area contributed by atoms with E-state index in [9.17, 15) is 0 Å². The van der Waals surface area contributed by atoms with Crippen LogP contribution in [0.25, 0.3) is 10.8 Å². The highest BCUT2D eigenvalue weighted by Crippen LogP contribution is 2.33. The minimum absolute atomic E-state index is 0.684. The van der Waals surface area contributed by atoms with Crippen LogP contribution in [0.2, 0.25) is 5.02 Å². The molecule has 0 amide bonds. The molecule has 0 spiro atoms. The largest absolute Gasteiger partial charge is 0.496 e. The molecule has 0 bridgehead atoms. The molecule has 0 aliphatic heterocycles. The Morgan fingerprint density at radius 1 is 0.810 bits per heavy atom. The lowest BCUT2D eigenvalue weighted by molar-refractivity contribution is 0.420. The van der Waals surface area contributed by atoms with Crippen molar-refractivity contribution in [1.29, 1.82) is 0 Å². The van der Waals surface area contributed by atoms with Gasteiger partial charge >= 0.3 is 0 Å². The summed E-state index contributed by atoms with van der Waals surface area (Å²) in [4.78, 5) is 0. The zero-order chi connectivity index (χ0) is 14.7. The van der Waals surface area contributed by atoms with Gasteiger partial charge in [-0.2, -0.15) is 5.11 Å². The van der Waals surface area contributed by atoms with Crippen LogP contribution in [-0.2, 0) is 0 Å². The topological polar surface area (TPSA) is 34.0 Å². The van der Waals surface area contributed by atoms with Gasteiger partial charge in [-0.1, -0.05) is 35.9 Å². The fourth-order valence-corrected chi connectivity index (χ4v) is 2.27. The Labute approximate surface area is 127 Å². The fraction of sp³-hybridized carbons (Fsp3) is 0.0588. The number of halogens is 1. The molecule has 0 fully saturated rings. The molecule has 0 radical (unpaired) electrons. The summed E-state index contributed by atoms with van der Waals surface area (Å²) in [5, 5.41) is 11.3. The van der Waals surface area contributed by atoms with Crippen LogP contribution < -0.4 is 4.74 Å². The van der Waals surface area contributed by atoms with Gasteiger partial charge in [0.15, 0.2) is 0 Å². The molecule has 21 heavy (non-hydrogen) atoms. The quantitative estimate of drug-likeness (QED) is 0.552. The third kappa shape index (κ3) is 2.88. The number of azo groups is 1. The van der Waals surface area contributed by atoms with E-state index >= 15 is 0 Å². The van der Waals surface area contributed by atoms with Gasteiger partial charge in [0, 0.05) is 15.8 Å². The van der Waals surface area contributed by atoms with E-state index < -0.39 is 0 Å². The lowest BCUT2D eigenvalue weighted by atomic mass is 10.1. The van der Waals surface area contributed by atoms with Gasteiger partial charge in [-0.15, -0.1) is 5.11 Å². The maximum absolute atomic E-state index is 5.85. The van der Waals surface area contributed by atoms with Crippen LogP contribution in [-0.4, -0.2) is 7.11 Å². The molecule has 0 aliphatic carbocycles. The van der Waals surface area contributed by atoms with Crippen molar-refractivity contribution in [3.05, 3.63) is 65.7 Å². The second kappa shape index (κ2) is 5.94. The summed E-state index contributed by atoms with van der Waals surface area (Å²) >= 11 is 5.85. The lowest BCUT2D eigenvalue weighted by Crippen LogP contribution is -1.84. The summed E-state index contributed by atoms with van der Waals surface area (Å²) in [6, 6.07) is 19.0. The summed E-state index contributed by atoms with van der Waals surface area (Å²) in [6.45, 7) is 0. The standard InChI is InChI=1S/C17H13ClN2O/c1-21-17-11-10-16(14-4-2-3-5-15(14)17)20-19-13-8-6-12(18)7-9-13/h2-11H,1H3. The number of hydrogen-bond donors (Lipinski definition) is 0. The highest BCUT2D eigenvalue weighted by molar-refractivity contribution is 6.30. The third-order valence-electron chi connectivity index (χ3n) is 3.18. The Balaban J connectivity index is 2.03. The van der Waals surface area contributed by atoms with Crippen molar-refractivity contribution in [2.75, 3.05) is 7.11 Å². The van der Waals surface area contributed by atoms with Crippen molar-refractivity contribution in [2.45, 2.75) is 0 Å². The molecule has 3 nitrogen and oxygen atoms in total. The lowest BCUT2D eigenvalue weighted by Gasteiger charge is -2.06. The van der Waals surface area contributed by atoms with Gasteiger partial charge in [-0.25, -0.2) is 0 Å². The number of fused-ring (bicyclic) bond motifs is 1. The predicted molar refractivity (Wildman–Crippen MR) is 86.1 cm³/mol. The van der Waals surface area contributed by atoms with Crippen molar-refractivity contribution >= 4 is 33.7 Å². The number of methoxy groups -OCH3 is 1. The predicted octanol–water partition coefficient (Wildman–Crippen LogP) is 5.92. The first kappa shape index (κ1) is 13.6. The van der Waals surface area contributed by atoms with Gasteiger partial charge in [0.05, 0.1) is 18.5 Å². The number of ether oxygens (including phenoxy) is 1. The first-order valence-corrected chi connectivity index (χ1v) is 6.89. The van der Waals surface area contributed by atoms with Crippen LogP contribution in [0.5, 0.6) is 5.75 Å². The maximum Gasteiger partial charge on any atom is 0.126 e. The summed E-state index contributed by atoms with van der Waals surface area (Å²) in [5.41, 5.74) is 1.57. The molecule has 0 N–H and O–H groups in total. The Hall–Kier alpha value is -2.39. The monoisotopic (exact) mass is 296 g/mol. The van der Waals surface area contributed by atoms with Crippen LogP contribution in [0, 0.1) is 0 Å². The van der Waals surface area contributed by atoms with Gasteiger partial charge in [-0.3, -0.25) is 0 Å². The van der Waals surface area contributed by atoms with Crippen molar-refractivity contribution in [3.63, 3.8) is 0 Å². The van der Waals surface area contributed by atoms with Gasteiger partial charge in [0.2, 0.25) is 0 Å². The van der Waals surface area contributed by atoms with Gasteiger partial charge in [0.1, 0.15) is 5.75 Å². The van der Waals surface area contributed by atoms with E-state index in [1.165, 1.54) is 0 Å². The average Bonchev–Trinajstić information content (AvgIpc) is 2.54. The molecule has 0 atom stereocenters. The summed E-state index contributed by atoms with van der Waals surface area (Å²) in [7, 11) is 1.66. The average molecular weight is 297 g/mol. The first-order valence-electron chi connectivity index (χ1n) is 6.51. The molecule has 0 heterocycles. The van der Waals surface area contributed by atoms with Crippen molar-refractivity contribution in [1.82, 2.24) is 0 Å². The molecule has 3 rings (SSSR count). The highest BCUT2D eigenvalue weighted by atomic mass is 35.5. The number of benzene rings is 3. The zero-order valence-corrected chi connectivity index (χ0v) is 12.2. The summed E-state index contributed by atoms with van der Waals surface area (Å²) in [5.74, 6) is 0.830. The third-order valence-corrected chi connectivity index (χ3v) is 3.43. The smallest absolute Gasteiger partial charge is 0.126 e. The Bertz CT molecular complexity index is 797. The highest BCUT2D eigenvalue weighted by Gasteiger charge is 2.05. The summed E-state index contributed by atoms with van der Waals surface area (Å²) < 4.78 is 5.37. The van der Waals surface area contributed by atoms with Gasteiger partial charge in [-0.05, 0) is 36.4 Å². The minimum atomic E-state index is 0.684. The minimum Gasteiger partial charge on any atom is -0.496 e. The summed E-state index contributed by atoms with van der Waals surface area (Å²) in [6.07, 6.45) is 0. The molecule has 3 aromatic rings. The number of nitrogens with zero attached hydrogens (tertiary/aromatic N) is 2. The van der Waals surface area contributed by atoms with Crippen molar-refractivity contribution in [2.24, 2.45) is 10.2 Å². The van der Waals surface area contributed by atoms with Crippen LogP contribution in [0.3, 0.4) is 0 Å². The molecule has 0 aliphatic rings. The molecular formula is C17H13ClN2O.